The first-order chi connectivity index (χ1) is 13.6. The number of aryl methyl sites for hydroxylation is 1. The predicted molar refractivity (Wildman–Crippen MR) is 111 cm³/mol. The number of hydrogen-bond acceptors (Lipinski definition) is 3. The average Bonchev–Trinajstić information content (AvgIpc) is 2.70. The summed E-state index contributed by atoms with van der Waals surface area (Å²) in [5.74, 6) is 1.41. The maximum absolute atomic E-state index is 12.4. The molecule has 0 aliphatic heterocycles. The van der Waals surface area contributed by atoms with Gasteiger partial charge in [0.1, 0.15) is 17.2 Å². The van der Waals surface area contributed by atoms with Crippen LogP contribution in [0.25, 0.3) is 10.8 Å². The fraction of sp³-hybridized carbons (Fsp3) is 0.0417. The maximum Gasteiger partial charge on any atom is 0.255 e. The molecule has 4 heteroatoms. The summed E-state index contributed by atoms with van der Waals surface area (Å²) in [4.78, 5) is 12.4. The van der Waals surface area contributed by atoms with Crippen molar-refractivity contribution in [3.8, 4) is 17.2 Å². The van der Waals surface area contributed by atoms with Crippen molar-refractivity contribution < 1.29 is 14.6 Å². The van der Waals surface area contributed by atoms with E-state index in [2.05, 4.69) is 5.32 Å². The fourth-order valence-electron chi connectivity index (χ4n) is 2.99. The first-order valence-corrected chi connectivity index (χ1v) is 8.96. The molecule has 0 aliphatic rings. The average molecular weight is 369 g/mol. The van der Waals surface area contributed by atoms with Crippen LogP contribution in [0.2, 0.25) is 0 Å². The number of phenolic OH excluding ortho intramolecular Hbond substituents is 1. The number of amides is 1. The van der Waals surface area contributed by atoms with E-state index in [9.17, 15) is 9.90 Å². The Morgan fingerprint density at radius 2 is 1.50 bits per heavy atom. The zero-order valence-electron chi connectivity index (χ0n) is 15.3. The fourth-order valence-corrected chi connectivity index (χ4v) is 2.99. The van der Waals surface area contributed by atoms with Crippen LogP contribution < -0.4 is 10.1 Å². The Morgan fingerprint density at radius 3 is 2.29 bits per heavy atom. The number of para-hydroxylation sites is 1. The summed E-state index contributed by atoms with van der Waals surface area (Å²) in [6.07, 6.45) is 0. The van der Waals surface area contributed by atoms with Gasteiger partial charge in [-0.1, -0.05) is 30.3 Å². The second kappa shape index (κ2) is 7.45. The molecule has 1 amide bonds. The zero-order valence-corrected chi connectivity index (χ0v) is 15.3. The second-order valence-electron chi connectivity index (χ2n) is 6.59. The van der Waals surface area contributed by atoms with Crippen LogP contribution in [0, 0.1) is 6.92 Å². The molecule has 28 heavy (non-hydrogen) atoms. The van der Waals surface area contributed by atoms with Gasteiger partial charge in [-0.2, -0.15) is 0 Å². The molecule has 0 fully saturated rings. The molecule has 0 saturated heterocycles. The number of carbonyl (C=O) groups is 1. The molecule has 0 saturated carbocycles. The Morgan fingerprint density at radius 1 is 0.821 bits per heavy atom. The van der Waals surface area contributed by atoms with E-state index >= 15 is 0 Å². The maximum atomic E-state index is 12.4. The Kier molecular flexibility index (Phi) is 4.68. The molecule has 0 radical (unpaired) electrons. The Bertz CT molecular complexity index is 1150. The van der Waals surface area contributed by atoms with E-state index in [0.717, 1.165) is 22.0 Å². The van der Waals surface area contributed by atoms with E-state index in [1.54, 1.807) is 36.4 Å². The Balaban J connectivity index is 1.48. The molecule has 4 nitrogen and oxygen atoms in total. The van der Waals surface area contributed by atoms with Gasteiger partial charge in [0.15, 0.2) is 0 Å². The van der Waals surface area contributed by atoms with Crippen LogP contribution in [0.15, 0.2) is 84.9 Å². The summed E-state index contributed by atoms with van der Waals surface area (Å²) in [7, 11) is 0. The van der Waals surface area contributed by atoms with Crippen LogP contribution in [0.3, 0.4) is 0 Å². The lowest BCUT2D eigenvalue weighted by Gasteiger charge is -2.10. The second-order valence-corrected chi connectivity index (χ2v) is 6.59. The molecule has 0 heterocycles. The van der Waals surface area contributed by atoms with Crippen molar-refractivity contribution in [1.82, 2.24) is 0 Å². The molecule has 0 atom stereocenters. The van der Waals surface area contributed by atoms with E-state index in [0.29, 0.717) is 17.1 Å². The van der Waals surface area contributed by atoms with Crippen LogP contribution in [0.5, 0.6) is 17.2 Å². The number of fused-ring (bicyclic) bond motifs is 1. The number of phenols is 1. The number of rotatable bonds is 4. The smallest absolute Gasteiger partial charge is 0.255 e. The molecule has 0 bridgehead atoms. The van der Waals surface area contributed by atoms with Gasteiger partial charge >= 0.3 is 0 Å². The predicted octanol–water partition coefficient (Wildman–Crippen LogP) is 5.90. The number of nitrogens with one attached hydrogen (secondary N) is 1. The van der Waals surface area contributed by atoms with Crippen molar-refractivity contribution in [2.24, 2.45) is 0 Å². The molecule has 0 unspecified atom stereocenters. The topological polar surface area (TPSA) is 58.6 Å². The third-order valence-electron chi connectivity index (χ3n) is 4.54. The summed E-state index contributed by atoms with van der Waals surface area (Å²) in [5.41, 5.74) is 2.38. The van der Waals surface area contributed by atoms with E-state index in [1.165, 1.54) is 0 Å². The van der Waals surface area contributed by atoms with Gasteiger partial charge in [-0.15, -0.1) is 0 Å². The summed E-state index contributed by atoms with van der Waals surface area (Å²) in [5, 5.41) is 14.4. The van der Waals surface area contributed by atoms with Crippen LogP contribution >= 0.6 is 0 Å². The van der Waals surface area contributed by atoms with Crippen molar-refractivity contribution in [2.75, 3.05) is 5.32 Å². The normalized spacial score (nSPS) is 10.6. The zero-order chi connectivity index (χ0) is 19.5. The largest absolute Gasteiger partial charge is 0.508 e. The van der Waals surface area contributed by atoms with Crippen LogP contribution in [0.1, 0.15) is 15.9 Å². The van der Waals surface area contributed by atoms with E-state index in [1.807, 2.05) is 55.5 Å². The van der Waals surface area contributed by atoms with E-state index in [4.69, 9.17) is 4.74 Å². The van der Waals surface area contributed by atoms with Crippen molar-refractivity contribution in [3.63, 3.8) is 0 Å². The third kappa shape index (κ3) is 3.81. The lowest BCUT2D eigenvalue weighted by molar-refractivity contribution is 0.102. The van der Waals surface area contributed by atoms with Crippen molar-refractivity contribution in [1.29, 1.82) is 0 Å². The molecule has 4 aromatic carbocycles. The van der Waals surface area contributed by atoms with Gasteiger partial charge in [0.2, 0.25) is 0 Å². The summed E-state index contributed by atoms with van der Waals surface area (Å²) >= 11 is 0. The number of carbonyl (C=O) groups excluding carboxylic acids is 1. The molecule has 0 aromatic heterocycles. The summed E-state index contributed by atoms with van der Waals surface area (Å²) in [6, 6.07) is 25.5. The molecule has 2 N–H and O–H groups in total. The highest BCUT2D eigenvalue weighted by Gasteiger charge is 2.08. The van der Waals surface area contributed by atoms with Crippen molar-refractivity contribution in [2.45, 2.75) is 6.92 Å². The quantitative estimate of drug-likeness (QED) is 0.471. The SMILES string of the molecule is Cc1ccccc1NC(=O)c1ccc(Oc2ccc3cc(O)ccc3c2)cc1. The van der Waals surface area contributed by atoms with Gasteiger partial charge in [0, 0.05) is 11.3 Å². The van der Waals surface area contributed by atoms with Crippen molar-refractivity contribution in [3.05, 3.63) is 96.1 Å². The highest BCUT2D eigenvalue weighted by molar-refractivity contribution is 6.04. The molecule has 0 spiro atoms. The lowest BCUT2D eigenvalue weighted by atomic mass is 10.1. The molecule has 138 valence electrons. The highest BCUT2D eigenvalue weighted by Crippen LogP contribution is 2.28. The van der Waals surface area contributed by atoms with Gasteiger partial charge < -0.3 is 15.2 Å². The monoisotopic (exact) mass is 369 g/mol. The van der Waals surface area contributed by atoms with Gasteiger partial charge in [-0.3, -0.25) is 4.79 Å². The van der Waals surface area contributed by atoms with Crippen LogP contribution in [0.4, 0.5) is 5.69 Å². The minimum atomic E-state index is -0.161. The van der Waals surface area contributed by atoms with Crippen LogP contribution in [-0.4, -0.2) is 11.0 Å². The minimum Gasteiger partial charge on any atom is -0.508 e. The van der Waals surface area contributed by atoms with E-state index < -0.39 is 0 Å². The standard InChI is InChI=1S/C24H19NO3/c1-16-4-2-3-5-23(16)25-24(27)17-7-11-21(12-8-17)28-22-13-9-18-14-20(26)10-6-19(18)15-22/h2-15,26H,1H3,(H,25,27). The number of anilines is 1. The molecular formula is C24H19NO3. The van der Waals surface area contributed by atoms with Gasteiger partial charge in [-0.05, 0) is 77.9 Å². The Hall–Kier alpha value is -3.79. The minimum absolute atomic E-state index is 0.161. The summed E-state index contributed by atoms with van der Waals surface area (Å²) in [6.45, 7) is 1.96. The number of ether oxygens (including phenoxy) is 1. The lowest BCUT2D eigenvalue weighted by Crippen LogP contribution is -2.12. The van der Waals surface area contributed by atoms with Gasteiger partial charge in [-0.25, -0.2) is 0 Å². The van der Waals surface area contributed by atoms with Crippen LogP contribution in [-0.2, 0) is 0 Å². The van der Waals surface area contributed by atoms with Gasteiger partial charge in [0.05, 0.1) is 0 Å². The third-order valence-corrected chi connectivity index (χ3v) is 4.54. The number of hydrogen-bond donors (Lipinski definition) is 2. The molecule has 0 aliphatic carbocycles. The number of aromatic hydroxyl groups is 1. The highest BCUT2D eigenvalue weighted by atomic mass is 16.5. The molecule has 4 rings (SSSR count). The molecule has 4 aromatic rings. The van der Waals surface area contributed by atoms with Crippen molar-refractivity contribution >= 4 is 22.4 Å². The Labute approximate surface area is 163 Å². The molecular weight excluding hydrogens is 350 g/mol. The summed E-state index contributed by atoms with van der Waals surface area (Å²) < 4.78 is 5.89. The van der Waals surface area contributed by atoms with E-state index in [-0.39, 0.29) is 11.7 Å². The number of benzene rings is 4. The first kappa shape index (κ1) is 17.6. The van der Waals surface area contributed by atoms with Gasteiger partial charge in [0.25, 0.3) is 5.91 Å². The first-order valence-electron chi connectivity index (χ1n) is 8.96.